The lowest BCUT2D eigenvalue weighted by Gasteiger charge is -2.17. The maximum absolute atomic E-state index is 11.7. The van der Waals surface area contributed by atoms with Gasteiger partial charge in [0.2, 0.25) is 7.05 Å². The molecule has 1 unspecified atom stereocenters. The third-order valence-corrected chi connectivity index (χ3v) is 4.65. The number of aromatic nitrogens is 1. The highest BCUT2D eigenvalue weighted by atomic mass is 16.5. The van der Waals surface area contributed by atoms with Gasteiger partial charge in [-0.05, 0) is 50.2 Å². The number of unbranched alkanes of at least 4 members (excludes halogenated alkanes) is 1. The monoisotopic (exact) mass is 364 g/mol. The molecular formula is C18H30N5O3+. The maximum atomic E-state index is 11.7. The molecule has 0 fully saturated rings. The summed E-state index contributed by atoms with van der Waals surface area (Å²) in [6.45, 7) is 2.04. The Morgan fingerprint density at radius 2 is 2.23 bits per heavy atom. The highest BCUT2D eigenvalue weighted by Gasteiger charge is 2.20. The van der Waals surface area contributed by atoms with E-state index in [1.54, 1.807) is 5.01 Å². The van der Waals surface area contributed by atoms with Gasteiger partial charge in [0.15, 0.2) is 0 Å². The van der Waals surface area contributed by atoms with Crippen LogP contribution in [0, 0.1) is 4.91 Å². The normalized spacial score (nSPS) is 14.1. The van der Waals surface area contributed by atoms with Gasteiger partial charge in [-0.3, -0.25) is 4.79 Å². The Hall–Kier alpha value is -2.22. The Bertz CT molecular complexity index is 623. The first kappa shape index (κ1) is 20.1. The van der Waals surface area contributed by atoms with Crippen LogP contribution in [0.2, 0.25) is 0 Å². The lowest BCUT2D eigenvalue weighted by atomic mass is 10.1. The van der Waals surface area contributed by atoms with Crippen LogP contribution in [0.1, 0.15) is 36.9 Å². The number of nitroso groups, excluding NO2 is 1. The van der Waals surface area contributed by atoms with Crippen LogP contribution >= 0.6 is 0 Å². The minimum atomic E-state index is -0.699. The topological polar surface area (TPSA) is 101 Å². The van der Waals surface area contributed by atoms with Crippen LogP contribution < -0.4 is 11.1 Å². The van der Waals surface area contributed by atoms with Crippen LogP contribution in [0.5, 0.6) is 0 Å². The van der Waals surface area contributed by atoms with Crippen molar-refractivity contribution in [2.24, 2.45) is 5.73 Å². The van der Waals surface area contributed by atoms with Gasteiger partial charge in [0.1, 0.15) is 16.7 Å². The molecule has 0 bridgehead atoms. The van der Waals surface area contributed by atoms with Crippen molar-refractivity contribution in [3.63, 3.8) is 0 Å². The van der Waals surface area contributed by atoms with E-state index in [0.717, 1.165) is 55.0 Å². The SMILES string of the molecule is COC(=O)C(N)CCN(CCCCc1ccc2c(n1)NCCC2)[N+](C)=O. The number of aryl methyl sites for hydroxylation is 2. The first-order valence-corrected chi connectivity index (χ1v) is 9.23. The van der Waals surface area contributed by atoms with Gasteiger partial charge in [-0.2, -0.15) is 0 Å². The van der Waals surface area contributed by atoms with E-state index in [1.807, 2.05) is 0 Å². The van der Waals surface area contributed by atoms with Gasteiger partial charge in [-0.15, -0.1) is 5.01 Å². The average Bonchev–Trinajstić information content (AvgIpc) is 2.65. The standard InChI is InChI=1S/C18H30N5O3/c1-22(25)23(13-10-16(19)18(24)26-2)12-4-3-7-15-9-8-14-6-5-11-20-17(14)21-15/h8-9,16H,3-7,10-13,19H2,1-2H3,(H,20,21)/q+1. The number of fused-ring (bicyclic) bond motifs is 1. The summed E-state index contributed by atoms with van der Waals surface area (Å²) in [4.78, 5) is 28.5. The van der Waals surface area contributed by atoms with Gasteiger partial charge < -0.3 is 15.8 Å². The second-order valence-electron chi connectivity index (χ2n) is 6.63. The number of nitrogens with one attached hydrogen (secondary N) is 1. The predicted octanol–water partition coefficient (Wildman–Crippen LogP) is 1.28. The number of hydrazine groups is 1. The summed E-state index contributed by atoms with van der Waals surface area (Å²) >= 11 is 0. The van der Waals surface area contributed by atoms with Crippen LogP contribution in [-0.4, -0.2) is 60.7 Å². The quantitative estimate of drug-likeness (QED) is 0.279. The number of carbonyl (C=O) groups excluding carboxylic acids is 1. The van der Waals surface area contributed by atoms with Crippen molar-refractivity contribution in [3.05, 3.63) is 28.3 Å². The number of carbonyl (C=O) groups is 1. The molecule has 0 aromatic carbocycles. The van der Waals surface area contributed by atoms with E-state index < -0.39 is 12.0 Å². The van der Waals surface area contributed by atoms with E-state index in [1.165, 1.54) is 19.7 Å². The largest absolute Gasteiger partial charge is 0.468 e. The van der Waals surface area contributed by atoms with Gasteiger partial charge in [0.25, 0.3) is 0 Å². The van der Waals surface area contributed by atoms with Crippen LogP contribution in [-0.2, 0) is 22.4 Å². The number of rotatable bonds is 10. The Kier molecular flexibility index (Phi) is 7.77. The number of nitrogens with zero attached hydrogens (tertiary/aromatic N) is 3. The molecule has 2 rings (SSSR count). The van der Waals surface area contributed by atoms with Crippen molar-refractivity contribution >= 4 is 11.8 Å². The van der Waals surface area contributed by atoms with Crippen molar-refractivity contribution in [2.75, 3.05) is 39.1 Å². The molecule has 3 N–H and O–H groups in total. The van der Waals surface area contributed by atoms with Crippen LogP contribution in [0.3, 0.4) is 0 Å². The molecule has 8 nitrogen and oxygen atoms in total. The molecular weight excluding hydrogens is 334 g/mol. The van der Waals surface area contributed by atoms with Gasteiger partial charge >= 0.3 is 5.97 Å². The number of hydrogen-bond acceptors (Lipinski definition) is 6. The van der Waals surface area contributed by atoms with E-state index in [9.17, 15) is 9.70 Å². The average molecular weight is 364 g/mol. The maximum Gasteiger partial charge on any atom is 0.322 e. The molecule has 1 atom stereocenters. The van der Waals surface area contributed by atoms with Gasteiger partial charge in [0, 0.05) is 12.2 Å². The molecule has 1 aromatic heterocycles. The third-order valence-electron chi connectivity index (χ3n) is 4.65. The van der Waals surface area contributed by atoms with Gasteiger partial charge in [-0.1, -0.05) is 6.07 Å². The molecule has 0 amide bonds. The fraction of sp³-hybridized carbons (Fsp3) is 0.667. The Labute approximate surface area is 154 Å². The highest BCUT2D eigenvalue weighted by Crippen LogP contribution is 2.20. The smallest absolute Gasteiger partial charge is 0.322 e. The van der Waals surface area contributed by atoms with Crippen molar-refractivity contribution in [1.82, 2.24) is 9.99 Å². The molecule has 0 aliphatic carbocycles. The third kappa shape index (κ3) is 5.94. The summed E-state index contributed by atoms with van der Waals surface area (Å²) in [7, 11) is 2.77. The van der Waals surface area contributed by atoms with Crippen molar-refractivity contribution in [2.45, 2.75) is 44.6 Å². The van der Waals surface area contributed by atoms with E-state index >= 15 is 0 Å². The van der Waals surface area contributed by atoms with Crippen molar-refractivity contribution in [1.29, 1.82) is 0 Å². The lowest BCUT2D eigenvalue weighted by molar-refractivity contribution is -0.686. The van der Waals surface area contributed by atoms with E-state index in [-0.39, 0.29) is 0 Å². The van der Waals surface area contributed by atoms with Crippen molar-refractivity contribution < 1.29 is 14.4 Å². The lowest BCUT2D eigenvalue weighted by Crippen LogP contribution is -2.39. The second kappa shape index (κ2) is 10.1. The van der Waals surface area contributed by atoms with Crippen LogP contribution in [0.15, 0.2) is 12.1 Å². The highest BCUT2D eigenvalue weighted by molar-refractivity contribution is 5.75. The molecule has 144 valence electrons. The fourth-order valence-corrected chi connectivity index (χ4v) is 3.06. The summed E-state index contributed by atoms with van der Waals surface area (Å²) in [6, 6.07) is 3.56. The molecule has 8 heteroatoms. The zero-order valence-electron chi connectivity index (χ0n) is 15.7. The summed E-state index contributed by atoms with van der Waals surface area (Å²) in [5.41, 5.74) is 8.10. The summed E-state index contributed by atoms with van der Waals surface area (Å²) in [5.74, 6) is 0.567. The molecule has 2 heterocycles. The number of ether oxygens (including phenoxy) is 1. The molecule has 26 heavy (non-hydrogen) atoms. The summed E-state index contributed by atoms with van der Waals surface area (Å²) < 4.78 is 4.61. The first-order valence-electron chi connectivity index (χ1n) is 9.23. The minimum Gasteiger partial charge on any atom is -0.468 e. The summed E-state index contributed by atoms with van der Waals surface area (Å²) in [6.07, 6.45) is 5.33. The van der Waals surface area contributed by atoms with Crippen molar-refractivity contribution in [3.8, 4) is 0 Å². The Morgan fingerprint density at radius 1 is 1.42 bits per heavy atom. The number of esters is 1. The predicted molar refractivity (Wildman–Crippen MR) is 99.7 cm³/mol. The molecule has 1 aromatic rings. The molecule has 0 saturated carbocycles. The first-order chi connectivity index (χ1) is 12.5. The van der Waals surface area contributed by atoms with E-state index in [4.69, 9.17) is 5.73 Å². The minimum absolute atomic E-state index is 0.386. The van der Waals surface area contributed by atoms with Gasteiger partial charge in [0.05, 0.1) is 25.1 Å². The number of hydrogen-bond donors (Lipinski definition) is 2. The van der Waals surface area contributed by atoms with Gasteiger partial charge in [-0.25, -0.2) is 4.98 Å². The zero-order chi connectivity index (χ0) is 18.9. The molecule has 0 spiro atoms. The van der Waals surface area contributed by atoms with Crippen LogP contribution in [0.4, 0.5) is 5.82 Å². The number of anilines is 1. The Morgan fingerprint density at radius 3 is 2.96 bits per heavy atom. The molecule has 1 aliphatic heterocycles. The Balaban J connectivity index is 1.74. The van der Waals surface area contributed by atoms with Crippen LogP contribution in [0.25, 0.3) is 0 Å². The summed E-state index contributed by atoms with van der Waals surface area (Å²) in [5, 5.41) is 5.01. The molecule has 1 aliphatic rings. The van der Waals surface area contributed by atoms with E-state index in [2.05, 4.69) is 27.2 Å². The second-order valence-corrected chi connectivity index (χ2v) is 6.63. The number of pyridine rings is 1. The number of nitrogens with two attached hydrogens (primary N) is 1. The number of methoxy groups -OCH3 is 1. The molecule has 0 saturated heterocycles. The molecule has 0 radical (unpaired) electrons. The zero-order valence-corrected chi connectivity index (χ0v) is 15.7. The fourth-order valence-electron chi connectivity index (χ4n) is 3.06. The van der Waals surface area contributed by atoms with E-state index in [0.29, 0.717) is 19.5 Å².